The standard InChI is InChI=1S/C22H26N2O3.Tl/c1-14-11-19(12-15(2)23-14)27-10-9-17-5-7-18(8-6-17)16(3)22(4)13-20(25)24-21(22)26;/h5-8,11-12,16H,9-10,13H2,1-4H3,(H,24,25,26);/q;+1/p-1/t16-,22+;/m1./s1. The molecular formula is C22H25N2O3Tl. The first kappa shape index (κ1) is 21.0. The number of aromatic nitrogens is 1. The summed E-state index contributed by atoms with van der Waals surface area (Å²) in [4.78, 5) is 28.9. The van der Waals surface area contributed by atoms with E-state index in [1.807, 2.05) is 39.8 Å². The van der Waals surface area contributed by atoms with Crippen LogP contribution in [0.15, 0.2) is 36.4 Å². The maximum absolute atomic E-state index is 12.6. The van der Waals surface area contributed by atoms with Crippen LogP contribution in [-0.2, 0) is 16.0 Å². The van der Waals surface area contributed by atoms with Crippen molar-refractivity contribution in [3.63, 3.8) is 0 Å². The van der Waals surface area contributed by atoms with Crippen molar-refractivity contribution < 1.29 is 14.3 Å². The average Bonchev–Trinajstić information content (AvgIpc) is 2.85. The number of rotatable bonds is 6. The largest absolute Gasteiger partial charge is 0.258 e. The van der Waals surface area contributed by atoms with E-state index in [1.54, 1.807) is 0 Å². The summed E-state index contributed by atoms with van der Waals surface area (Å²) in [6, 6.07) is 12.2. The maximum atomic E-state index is 12.6. The fourth-order valence-electron chi connectivity index (χ4n) is 3.71. The molecular weight excluding hydrogens is 545 g/mol. The zero-order valence-corrected chi connectivity index (χ0v) is 21.3. The van der Waals surface area contributed by atoms with Crippen molar-refractivity contribution in [2.75, 3.05) is 6.61 Å². The van der Waals surface area contributed by atoms with E-state index in [2.05, 4.69) is 29.2 Å². The third-order valence-corrected chi connectivity index (χ3v) is 7.68. The van der Waals surface area contributed by atoms with E-state index < -0.39 is 5.41 Å². The SMILES string of the molecule is Cc1cc(OCCc2ccc([C@@H](C)[C@]3(C)CC(=O)[N]([Tl])C3=O)cc2)cc(C)n1. The van der Waals surface area contributed by atoms with Crippen molar-refractivity contribution in [2.45, 2.75) is 46.5 Å². The molecule has 2 amide bonds. The molecule has 3 rings (SSSR count). The number of aryl methyl sites for hydroxylation is 2. The summed E-state index contributed by atoms with van der Waals surface area (Å²) in [5.41, 5.74) is 3.55. The van der Waals surface area contributed by atoms with E-state index in [-0.39, 0.29) is 43.8 Å². The first-order valence-electron chi connectivity index (χ1n) is 9.50. The Hall–Kier alpha value is -1.77. The van der Waals surface area contributed by atoms with Crippen molar-refractivity contribution in [2.24, 2.45) is 5.41 Å². The van der Waals surface area contributed by atoms with E-state index in [9.17, 15) is 9.59 Å². The van der Waals surface area contributed by atoms with Gasteiger partial charge in [0.2, 0.25) is 0 Å². The van der Waals surface area contributed by atoms with Gasteiger partial charge in [0.25, 0.3) is 0 Å². The van der Waals surface area contributed by atoms with Gasteiger partial charge in [0.05, 0.1) is 0 Å². The molecule has 6 heteroatoms. The molecule has 28 heavy (non-hydrogen) atoms. The van der Waals surface area contributed by atoms with Crippen LogP contribution in [0, 0.1) is 19.3 Å². The number of benzene rings is 1. The minimum Gasteiger partial charge on any atom is -0.258 e. The van der Waals surface area contributed by atoms with Gasteiger partial charge in [-0.3, -0.25) is 4.98 Å². The topological polar surface area (TPSA) is 59.5 Å². The molecule has 1 aliphatic heterocycles. The zero-order chi connectivity index (χ0) is 20.5. The molecule has 1 aromatic carbocycles. The fraction of sp³-hybridized carbons (Fsp3) is 0.409. The molecule has 0 N–H and O–H groups in total. The molecule has 1 aromatic heterocycles. The fourth-order valence-corrected chi connectivity index (χ4v) is 5.21. The number of hydrogen-bond donors (Lipinski definition) is 0. The zero-order valence-electron chi connectivity index (χ0n) is 16.9. The summed E-state index contributed by atoms with van der Waals surface area (Å²) in [7, 11) is 0. The minimum absolute atomic E-state index is 0.000712. The summed E-state index contributed by atoms with van der Waals surface area (Å²) in [5.74, 6) is 0.803. The Morgan fingerprint density at radius 2 is 1.79 bits per heavy atom. The van der Waals surface area contributed by atoms with Gasteiger partial charge in [-0.05, 0) is 13.8 Å². The second-order valence-electron chi connectivity index (χ2n) is 7.81. The van der Waals surface area contributed by atoms with Gasteiger partial charge in [0.15, 0.2) is 0 Å². The molecule has 144 valence electrons. The third kappa shape index (κ3) is 4.29. The van der Waals surface area contributed by atoms with E-state index in [1.165, 1.54) is 8.27 Å². The molecule has 5 nitrogen and oxygen atoms in total. The maximum Gasteiger partial charge on any atom is 0.0412 e. The number of imide groups is 1. The van der Waals surface area contributed by atoms with Crippen molar-refractivity contribution >= 4 is 37.9 Å². The number of hydrogen-bond acceptors (Lipinski definition) is 4. The number of ether oxygens (including phenoxy) is 1. The Labute approximate surface area is 182 Å². The van der Waals surface area contributed by atoms with Crippen molar-refractivity contribution in [1.29, 1.82) is 0 Å². The van der Waals surface area contributed by atoms with Crippen molar-refractivity contribution in [3.8, 4) is 5.75 Å². The monoisotopic (exact) mass is 570 g/mol. The van der Waals surface area contributed by atoms with Gasteiger partial charge in [0, 0.05) is 23.5 Å². The Morgan fingerprint density at radius 3 is 2.32 bits per heavy atom. The molecule has 0 radical (unpaired) electrons. The van der Waals surface area contributed by atoms with Gasteiger partial charge in [-0.15, -0.1) is 0 Å². The van der Waals surface area contributed by atoms with Crippen molar-refractivity contribution in [3.05, 3.63) is 58.9 Å². The number of amides is 2. The molecule has 1 saturated heterocycles. The molecule has 0 bridgehead atoms. The number of nitrogens with zero attached hydrogens (tertiary/aromatic N) is 2. The smallest absolute Gasteiger partial charge is 0.0412 e. The molecule has 2 aromatic rings. The molecule has 2 heterocycles. The average molecular weight is 570 g/mol. The van der Waals surface area contributed by atoms with Crippen LogP contribution in [0.25, 0.3) is 0 Å². The van der Waals surface area contributed by atoms with Crippen LogP contribution in [0.1, 0.15) is 48.7 Å². The Kier molecular flexibility index (Phi) is 6.22. The summed E-state index contributed by atoms with van der Waals surface area (Å²) in [6.07, 6.45) is 1.11. The van der Waals surface area contributed by atoms with E-state index in [0.29, 0.717) is 13.0 Å². The minimum atomic E-state index is -0.631. The molecule has 0 saturated carbocycles. The van der Waals surface area contributed by atoms with Gasteiger partial charge >= 0.3 is 141 Å². The third-order valence-electron chi connectivity index (χ3n) is 5.64. The van der Waals surface area contributed by atoms with E-state index >= 15 is 0 Å². The first-order chi connectivity index (χ1) is 13.2. The van der Waals surface area contributed by atoms with Crippen LogP contribution in [0.5, 0.6) is 5.75 Å². The predicted octanol–water partition coefficient (Wildman–Crippen LogP) is 3.27. The van der Waals surface area contributed by atoms with Crippen LogP contribution in [0.3, 0.4) is 0 Å². The van der Waals surface area contributed by atoms with E-state index in [4.69, 9.17) is 4.74 Å². The normalized spacial score (nSPS) is 20.5. The predicted molar refractivity (Wildman–Crippen MR) is 108 cm³/mol. The Bertz CT molecular complexity index is 877. The molecule has 0 unspecified atom stereocenters. The van der Waals surface area contributed by atoms with Gasteiger partial charge in [-0.1, -0.05) is 0 Å². The number of carbonyl (C=O) groups excluding carboxylic acids is 2. The van der Waals surface area contributed by atoms with Crippen LogP contribution in [-0.4, -0.2) is 52.2 Å². The first-order valence-corrected chi connectivity index (χ1v) is 11.5. The van der Waals surface area contributed by atoms with Crippen molar-refractivity contribution in [1.82, 2.24) is 7.69 Å². The second-order valence-corrected chi connectivity index (χ2v) is 9.82. The van der Waals surface area contributed by atoms with Gasteiger partial charge < -0.3 is 0 Å². The van der Waals surface area contributed by atoms with E-state index in [0.717, 1.165) is 29.1 Å². The van der Waals surface area contributed by atoms with Gasteiger partial charge in [-0.2, -0.15) is 0 Å². The molecule has 1 aliphatic rings. The van der Waals surface area contributed by atoms with Gasteiger partial charge in [-0.25, -0.2) is 0 Å². The molecule has 1 fully saturated rings. The van der Waals surface area contributed by atoms with Crippen LogP contribution in [0.2, 0.25) is 0 Å². The van der Waals surface area contributed by atoms with Gasteiger partial charge in [0.1, 0.15) is 0 Å². The molecule has 0 spiro atoms. The second kappa shape index (κ2) is 8.31. The summed E-state index contributed by atoms with van der Waals surface area (Å²) >= 11 is 0.231. The number of pyridine rings is 1. The Morgan fingerprint density at radius 1 is 1.18 bits per heavy atom. The molecule has 0 aliphatic carbocycles. The van der Waals surface area contributed by atoms with Crippen LogP contribution < -0.4 is 4.74 Å². The summed E-state index contributed by atoms with van der Waals surface area (Å²) in [5, 5.41) is 0. The summed E-state index contributed by atoms with van der Waals surface area (Å²) < 4.78 is 7.28. The quantitative estimate of drug-likeness (QED) is 0.396. The van der Waals surface area contributed by atoms with Crippen LogP contribution in [0.4, 0.5) is 0 Å². The number of carbonyl (C=O) groups is 2. The van der Waals surface area contributed by atoms with Crippen LogP contribution >= 0.6 is 0 Å². The molecule has 2 atom stereocenters. The Balaban J connectivity index is 1.62. The summed E-state index contributed by atoms with van der Waals surface area (Å²) in [6.45, 7) is 8.48.